The molecule has 0 aliphatic heterocycles. The van der Waals surface area contributed by atoms with Gasteiger partial charge in [0.15, 0.2) is 6.20 Å². The lowest BCUT2D eigenvalue weighted by molar-refractivity contribution is -0.660. The minimum atomic E-state index is 0.260. The van der Waals surface area contributed by atoms with Crippen molar-refractivity contribution in [3.8, 4) is 11.3 Å². The highest BCUT2D eigenvalue weighted by molar-refractivity contribution is 5.65. The van der Waals surface area contributed by atoms with Crippen LogP contribution < -0.4 is 4.57 Å². The molecular weight excluding hydrogens is 278 g/mol. The third-order valence-corrected chi connectivity index (χ3v) is 5.76. The summed E-state index contributed by atoms with van der Waals surface area (Å²) < 4.78 is 2.25. The molecule has 23 heavy (non-hydrogen) atoms. The molecule has 1 heterocycles. The van der Waals surface area contributed by atoms with Crippen molar-refractivity contribution in [3.05, 3.63) is 52.7 Å². The van der Waals surface area contributed by atoms with Gasteiger partial charge in [0.2, 0.25) is 5.69 Å². The first-order valence-electron chi connectivity index (χ1n) is 8.74. The molecule has 1 aromatic heterocycles. The van der Waals surface area contributed by atoms with Crippen molar-refractivity contribution in [1.29, 1.82) is 0 Å². The van der Waals surface area contributed by atoms with Gasteiger partial charge in [-0.1, -0.05) is 33.8 Å². The number of rotatable bonds is 1. The van der Waals surface area contributed by atoms with Gasteiger partial charge < -0.3 is 0 Å². The lowest BCUT2D eigenvalue weighted by atomic mass is 9.62. The molecule has 2 aromatic rings. The van der Waals surface area contributed by atoms with Crippen LogP contribution in [0.4, 0.5) is 0 Å². The van der Waals surface area contributed by atoms with Crippen LogP contribution in [0.1, 0.15) is 62.8 Å². The Morgan fingerprint density at radius 1 is 0.870 bits per heavy atom. The number of pyridine rings is 1. The highest BCUT2D eigenvalue weighted by Gasteiger charge is 2.37. The molecule has 0 radical (unpaired) electrons. The quantitative estimate of drug-likeness (QED) is 0.642. The predicted molar refractivity (Wildman–Crippen MR) is 97.8 cm³/mol. The monoisotopic (exact) mass is 308 g/mol. The number of fused-ring (bicyclic) bond motifs is 1. The summed E-state index contributed by atoms with van der Waals surface area (Å²) in [5.74, 6) is 0. The Kier molecular flexibility index (Phi) is 3.66. The highest BCUT2D eigenvalue weighted by atomic mass is 14.9. The van der Waals surface area contributed by atoms with Gasteiger partial charge in [-0.3, -0.25) is 0 Å². The van der Waals surface area contributed by atoms with Crippen LogP contribution in [0.15, 0.2) is 30.5 Å². The molecule has 1 heteroatoms. The second-order valence-corrected chi connectivity index (χ2v) is 8.68. The number of benzene rings is 1. The van der Waals surface area contributed by atoms with E-state index < -0.39 is 0 Å². The van der Waals surface area contributed by atoms with E-state index in [9.17, 15) is 0 Å². The Morgan fingerprint density at radius 3 is 2.00 bits per heavy atom. The standard InChI is InChI=1S/C22H30N/c1-15-8-9-20(23(7)14-15)17-13-19-18(12-16(17)2)21(3,4)10-11-22(19,5)6/h8-9,12-14H,10-11H2,1-7H3/q+1. The first-order chi connectivity index (χ1) is 10.6. The van der Waals surface area contributed by atoms with Crippen molar-refractivity contribution >= 4 is 0 Å². The van der Waals surface area contributed by atoms with E-state index in [-0.39, 0.29) is 10.8 Å². The van der Waals surface area contributed by atoms with Crippen molar-refractivity contribution in [2.75, 3.05) is 0 Å². The molecule has 3 rings (SSSR count). The molecule has 122 valence electrons. The van der Waals surface area contributed by atoms with Crippen molar-refractivity contribution in [2.45, 2.75) is 65.2 Å². The predicted octanol–water partition coefficient (Wildman–Crippen LogP) is 5.14. The maximum Gasteiger partial charge on any atom is 0.212 e. The van der Waals surface area contributed by atoms with Crippen LogP contribution in [0.25, 0.3) is 11.3 Å². The number of nitrogens with zero attached hydrogens (tertiary/aromatic N) is 1. The molecule has 0 spiro atoms. The zero-order valence-electron chi connectivity index (χ0n) is 15.7. The average Bonchev–Trinajstić information content (AvgIpc) is 2.44. The van der Waals surface area contributed by atoms with Crippen molar-refractivity contribution in [3.63, 3.8) is 0 Å². The third-order valence-electron chi connectivity index (χ3n) is 5.76. The fourth-order valence-electron chi connectivity index (χ4n) is 4.02. The molecule has 1 aromatic carbocycles. The number of aromatic nitrogens is 1. The van der Waals surface area contributed by atoms with E-state index in [2.05, 4.69) is 83.6 Å². The normalized spacial score (nSPS) is 18.6. The van der Waals surface area contributed by atoms with Gasteiger partial charge in [0.1, 0.15) is 7.05 Å². The topological polar surface area (TPSA) is 3.88 Å². The van der Waals surface area contributed by atoms with Gasteiger partial charge in [0.05, 0.1) is 0 Å². The highest BCUT2D eigenvalue weighted by Crippen LogP contribution is 2.47. The van der Waals surface area contributed by atoms with E-state index in [1.54, 1.807) is 5.56 Å². The van der Waals surface area contributed by atoms with Crippen LogP contribution in [0.5, 0.6) is 0 Å². The second kappa shape index (κ2) is 5.19. The first-order valence-corrected chi connectivity index (χ1v) is 8.74. The van der Waals surface area contributed by atoms with Crippen molar-refractivity contribution in [2.24, 2.45) is 7.05 Å². The zero-order valence-corrected chi connectivity index (χ0v) is 15.7. The summed E-state index contributed by atoms with van der Waals surface area (Å²) in [5.41, 5.74) is 8.98. The minimum Gasteiger partial charge on any atom is -0.201 e. The molecular formula is C22H30N+. The Bertz CT molecular complexity index is 766. The summed E-state index contributed by atoms with van der Waals surface area (Å²) in [6, 6.07) is 9.38. The summed E-state index contributed by atoms with van der Waals surface area (Å²) in [6.45, 7) is 14.0. The van der Waals surface area contributed by atoms with E-state index >= 15 is 0 Å². The summed E-state index contributed by atoms with van der Waals surface area (Å²) in [7, 11) is 2.15. The van der Waals surface area contributed by atoms with Gasteiger partial charge >= 0.3 is 0 Å². The SMILES string of the molecule is Cc1ccc(-c2cc3c(cc2C)C(C)(C)CCC3(C)C)[n+](C)c1. The number of aryl methyl sites for hydroxylation is 3. The molecule has 0 unspecified atom stereocenters. The summed E-state index contributed by atoms with van der Waals surface area (Å²) >= 11 is 0. The smallest absolute Gasteiger partial charge is 0.201 e. The lowest BCUT2D eigenvalue weighted by Gasteiger charge is -2.42. The maximum absolute atomic E-state index is 2.47. The van der Waals surface area contributed by atoms with Gasteiger partial charge in [-0.15, -0.1) is 0 Å². The molecule has 0 N–H and O–H groups in total. The first kappa shape index (κ1) is 16.2. The number of hydrogen-bond acceptors (Lipinski definition) is 0. The minimum absolute atomic E-state index is 0.260. The summed E-state index contributed by atoms with van der Waals surface area (Å²) in [5, 5.41) is 0. The van der Waals surface area contributed by atoms with Gasteiger partial charge in [0.25, 0.3) is 0 Å². The molecule has 0 fully saturated rings. The largest absolute Gasteiger partial charge is 0.212 e. The Morgan fingerprint density at radius 2 is 1.43 bits per heavy atom. The zero-order chi connectivity index (χ0) is 17.0. The molecule has 1 nitrogen and oxygen atoms in total. The van der Waals surface area contributed by atoms with Crippen LogP contribution in [0.3, 0.4) is 0 Å². The van der Waals surface area contributed by atoms with Crippen LogP contribution in [0, 0.1) is 13.8 Å². The van der Waals surface area contributed by atoms with Crippen LogP contribution in [-0.2, 0) is 17.9 Å². The average molecular weight is 308 g/mol. The molecule has 0 saturated carbocycles. The van der Waals surface area contributed by atoms with Crippen LogP contribution in [-0.4, -0.2) is 0 Å². The van der Waals surface area contributed by atoms with E-state index in [0.29, 0.717) is 0 Å². The van der Waals surface area contributed by atoms with E-state index in [0.717, 1.165) is 0 Å². The summed E-state index contributed by atoms with van der Waals surface area (Å²) in [6.07, 6.45) is 4.74. The van der Waals surface area contributed by atoms with Crippen molar-refractivity contribution in [1.82, 2.24) is 0 Å². The molecule has 0 amide bonds. The number of hydrogen-bond donors (Lipinski definition) is 0. The second-order valence-electron chi connectivity index (χ2n) is 8.68. The molecule has 0 bridgehead atoms. The van der Waals surface area contributed by atoms with Crippen LogP contribution in [0.2, 0.25) is 0 Å². The van der Waals surface area contributed by atoms with E-state index in [1.807, 2.05) is 0 Å². The van der Waals surface area contributed by atoms with Gasteiger partial charge in [-0.25, -0.2) is 4.57 Å². The Balaban J connectivity index is 2.26. The van der Waals surface area contributed by atoms with Gasteiger partial charge in [-0.2, -0.15) is 0 Å². The van der Waals surface area contributed by atoms with Crippen molar-refractivity contribution < 1.29 is 4.57 Å². The Hall–Kier alpha value is -1.63. The molecule has 0 atom stereocenters. The van der Waals surface area contributed by atoms with Gasteiger partial charge in [-0.05, 0) is 66.3 Å². The third kappa shape index (κ3) is 2.71. The lowest BCUT2D eigenvalue weighted by Crippen LogP contribution is -2.35. The fraction of sp³-hybridized carbons (Fsp3) is 0.500. The molecule has 1 aliphatic rings. The van der Waals surface area contributed by atoms with E-state index in [1.165, 1.54) is 40.8 Å². The molecule has 0 saturated heterocycles. The van der Waals surface area contributed by atoms with E-state index in [4.69, 9.17) is 0 Å². The van der Waals surface area contributed by atoms with Gasteiger partial charge in [0, 0.05) is 17.2 Å². The molecule has 1 aliphatic carbocycles. The van der Waals surface area contributed by atoms with Crippen LogP contribution >= 0.6 is 0 Å². The maximum atomic E-state index is 2.47. The summed E-state index contributed by atoms with van der Waals surface area (Å²) in [4.78, 5) is 0. The fourth-order valence-corrected chi connectivity index (χ4v) is 4.02. The Labute approximate surface area is 141 Å².